The summed E-state index contributed by atoms with van der Waals surface area (Å²) in [6, 6.07) is 7.92. The van der Waals surface area contributed by atoms with Crippen molar-refractivity contribution < 1.29 is 4.79 Å². The van der Waals surface area contributed by atoms with Crippen molar-refractivity contribution in [2.24, 2.45) is 0 Å². The maximum absolute atomic E-state index is 11.8. The van der Waals surface area contributed by atoms with Gasteiger partial charge in [0.05, 0.1) is 0 Å². The lowest BCUT2D eigenvalue weighted by atomic mass is 10.0. The van der Waals surface area contributed by atoms with Crippen LogP contribution < -0.4 is 0 Å². The van der Waals surface area contributed by atoms with Crippen LogP contribution in [0.5, 0.6) is 0 Å². The van der Waals surface area contributed by atoms with Gasteiger partial charge in [0, 0.05) is 5.56 Å². The Morgan fingerprint density at radius 2 is 1.88 bits per heavy atom. The molecule has 0 radical (unpaired) electrons. The molecule has 0 bridgehead atoms. The number of hydrogen-bond acceptors (Lipinski definition) is 1. The van der Waals surface area contributed by atoms with Gasteiger partial charge in [-0.2, -0.15) is 0 Å². The molecule has 0 amide bonds. The second-order valence-corrected chi connectivity index (χ2v) is 4.69. The molecule has 0 aromatic heterocycles. The van der Waals surface area contributed by atoms with Gasteiger partial charge in [0.25, 0.3) is 0 Å². The summed E-state index contributed by atoms with van der Waals surface area (Å²) in [6.07, 6.45) is 6.98. The maximum Gasteiger partial charge on any atom is 0.185 e. The highest BCUT2D eigenvalue weighted by Gasteiger charge is 2.03. The minimum atomic E-state index is 0.108. The Morgan fingerprint density at radius 1 is 1.24 bits per heavy atom. The number of hydrogen-bond donors (Lipinski definition) is 0. The third-order valence-corrected chi connectivity index (χ3v) is 2.86. The maximum atomic E-state index is 11.8. The Hall–Kier alpha value is -1.37. The number of ketones is 1. The standard InChI is InChI=1S/C16H22O/c1-4-5-6-7-8-16(17)15-11-9-14(10-12-15)13(2)3/h7-13H,4-6H2,1-3H3/b8-7+. The fourth-order valence-corrected chi connectivity index (χ4v) is 1.64. The van der Waals surface area contributed by atoms with E-state index in [0.29, 0.717) is 5.92 Å². The molecule has 0 heterocycles. The van der Waals surface area contributed by atoms with Gasteiger partial charge in [0.2, 0.25) is 0 Å². The zero-order valence-electron chi connectivity index (χ0n) is 11.1. The topological polar surface area (TPSA) is 17.1 Å². The van der Waals surface area contributed by atoms with Gasteiger partial charge in [-0.05, 0) is 24.0 Å². The molecule has 0 spiro atoms. The Kier molecular flexibility index (Phi) is 5.68. The van der Waals surface area contributed by atoms with Crippen molar-refractivity contribution in [2.45, 2.75) is 46.0 Å². The summed E-state index contributed by atoms with van der Waals surface area (Å²) < 4.78 is 0. The van der Waals surface area contributed by atoms with Gasteiger partial charge in [0.15, 0.2) is 5.78 Å². The van der Waals surface area contributed by atoms with E-state index >= 15 is 0 Å². The predicted molar refractivity (Wildman–Crippen MR) is 73.5 cm³/mol. The van der Waals surface area contributed by atoms with Crippen LogP contribution in [-0.4, -0.2) is 5.78 Å². The second kappa shape index (κ2) is 7.05. The van der Waals surface area contributed by atoms with Gasteiger partial charge in [0.1, 0.15) is 0 Å². The van der Waals surface area contributed by atoms with E-state index in [1.807, 2.05) is 30.3 Å². The van der Waals surface area contributed by atoms with E-state index in [0.717, 1.165) is 18.4 Å². The lowest BCUT2D eigenvalue weighted by Gasteiger charge is -2.05. The summed E-state index contributed by atoms with van der Waals surface area (Å²) in [5, 5.41) is 0. The molecular formula is C16H22O. The SMILES string of the molecule is CCCC/C=C/C(=O)c1ccc(C(C)C)cc1. The molecule has 0 saturated heterocycles. The zero-order chi connectivity index (χ0) is 12.7. The minimum Gasteiger partial charge on any atom is -0.289 e. The highest BCUT2D eigenvalue weighted by Crippen LogP contribution is 2.15. The van der Waals surface area contributed by atoms with Gasteiger partial charge in [-0.25, -0.2) is 0 Å². The van der Waals surface area contributed by atoms with Gasteiger partial charge < -0.3 is 0 Å². The van der Waals surface area contributed by atoms with Crippen LogP contribution >= 0.6 is 0 Å². The van der Waals surface area contributed by atoms with Crippen LogP contribution in [-0.2, 0) is 0 Å². The number of benzene rings is 1. The summed E-state index contributed by atoms with van der Waals surface area (Å²) in [5.41, 5.74) is 2.05. The number of carbonyl (C=O) groups is 1. The fourth-order valence-electron chi connectivity index (χ4n) is 1.64. The van der Waals surface area contributed by atoms with Crippen LogP contribution in [0.25, 0.3) is 0 Å². The van der Waals surface area contributed by atoms with E-state index in [1.165, 1.54) is 12.0 Å². The Balaban J connectivity index is 2.60. The highest BCUT2D eigenvalue weighted by molar-refractivity contribution is 6.04. The van der Waals surface area contributed by atoms with Crippen molar-refractivity contribution in [3.63, 3.8) is 0 Å². The molecule has 92 valence electrons. The summed E-state index contributed by atoms with van der Waals surface area (Å²) in [4.78, 5) is 11.8. The third kappa shape index (κ3) is 4.56. The van der Waals surface area contributed by atoms with Crippen molar-refractivity contribution in [2.75, 3.05) is 0 Å². The second-order valence-electron chi connectivity index (χ2n) is 4.69. The van der Waals surface area contributed by atoms with Gasteiger partial charge >= 0.3 is 0 Å². The molecule has 0 aliphatic rings. The van der Waals surface area contributed by atoms with Crippen molar-refractivity contribution in [1.29, 1.82) is 0 Å². The summed E-state index contributed by atoms with van der Waals surface area (Å²) >= 11 is 0. The first-order chi connectivity index (χ1) is 8.15. The first-order valence-electron chi connectivity index (χ1n) is 6.46. The first kappa shape index (κ1) is 13.7. The fraction of sp³-hybridized carbons (Fsp3) is 0.438. The molecule has 0 atom stereocenters. The Labute approximate surface area is 105 Å². The molecule has 0 N–H and O–H groups in total. The zero-order valence-corrected chi connectivity index (χ0v) is 11.1. The smallest absolute Gasteiger partial charge is 0.185 e. The largest absolute Gasteiger partial charge is 0.289 e. The van der Waals surface area contributed by atoms with E-state index in [1.54, 1.807) is 6.08 Å². The van der Waals surface area contributed by atoms with Crippen LogP contribution in [0, 0.1) is 0 Å². The van der Waals surface area contributed by atoms with E-state index < -0.39 is 0 Å². The summed E-state index contributed by atoms with van der Waals surface area (Å²) in [5.74, 6) is 0.621. The van der Waals surface area contributed by atoms with Crippen molar-refractivity contribution in [1.82, 2.24) is 0 Å². The van der Waals surface area contributed by atoms with Gasteiger partial charge in [-0.1, -0.05) is 64.0 Å². The van der Waals surface area contributed by atoms with Crippen LogP contribution in [0.3, 0.4) is 0 Å². The molecule has 1 aromatic carbocycles. The Bertz CT molecular complexity index is 371. The number of rotatable bonds is 6. The van der Waals surface area contributed by atoms with Crippen LogP contribution in [0.4, 0.5) is 0 Å². The number of carbonyl (C=O) groups excluding carboxylic acids is 1. The summed E-state index contributed by atoms with van der Waals surface area (Å²) in [6.45, 7) is 6.46. The van der Waals surface area contributed by atoms with Crippen molar-refractivity contribution in [3.8, 4) is 0 Å². The molecule has 0 unspecified atom stereocenters. The molecule has 0 aliphatic carbocycles. The van der Waals surface area contributed by atoms with Crippen LogP contribution in [0.15, 0.2) is 36.4 Å². The number of unbranched alkanes of at least 4 members (excludes halogenated alkanes) is 2. The monoisotopic (exact) mass is 230 g/mol. The van der Waals surface area contributed by atoms with Crippen LogP contribution in [0.1, 0.15) is 61.9 Å². The van der Waals surface area contributed by atoms with E-state index in [-0.39, 0.29) is 5.78 Å². The minimum absolute atomic E-state index is 0.108. The van der Waals surface area contributed by atoms with E-state index in [4.69, 9.17) is 0 Å². The quantitative estimate of drug-likeness (QED) is 0.392. The first-order valence-corrected chi connectivity index (χ1v) is 6.46. The number of allylic oxidation sites excluding steroid dienone is 2. The Morgan fingerprint density at radius 3 is 2.41 bits per heavy atom. The third-order valence-electron chi connectivity index (χ3n) is 2.86. The molecule has 0 saturated carbocycles. The molecule has 1 nitrogen and oxygen atoms in total. The molecule has 1 heteroatoms. The molecule has 17 heavy (non-hydrogen) atoms. The molecule has 0 aliphatic heterocycles. The average Bonchev–Trinajstić information content (AvgIpc) is 2.34. The normalized spacial score (nSPS) is 11.3. The molecule has 0 fully saturated rings. The molecular weight excluding hydrogens is 208 g/mol. The average molecular weight is 230 g/mol. The summed E-state index contributed by atoms with van der Waals surface area (Å²) in [7, 11) is 0. The van der Waals surface area contributed by atoms with Crippen molar-refractivity contribution in [3.05, 3.63) is 47.5 Å². The van der Waals surface area contributed by atoms with Gasteiger partial charge in [-0.3, -0.25) is 4.79 Å². The lowest BCUT2D eigenvalue weighted by molar-refractivity contribution is 0.104. The highest BCUT2D eigenvalue weighted by atomic mass is 16.1. The van der Waals surface area contributed by atoms with E-state index in [2.05, 4.69) is 20.8 Å². The lowest BCUT2D eigenvalue weighted by Crippen LogP contribution is -1.95. The van der Waals surface area contributed by atoms with Crippen molar-refractivity contribution >= 4 is 5.78 Å². The molecule has 1 rings (SSSR count). The van der Waals surface area contributed by atoms with Crippen LogP contribution in [0.2, 0.25) is 0 Å². The van der Waals surface area contributed by atoms with Gasteiger partial charge in [-0.15, -0.1) is 0 Å². The van der Waals surface area contributed by atoms with E-state index in [9.17, 15) is 4.79 Å². The molecule has 1 aromatic rings. The predicted octanol–water partition coefficient (Wildman–Crippen LogP) is 4.74.